The van der Waals surface area contributed by atoms with Crippen LogP contribution < -0.4 is 0 Å². The molecular weight excluding hydrogens is 776 g/mol. The number of methoxy groups -OCH3 is 2. The van der Waals surface area contributed by atoms with E-state index < -0.39 is 108 Å². The van der Waals surface area contributed by atoms with Crippen LogP contribution in [0.25, 0.3) is 0 Å². The smallest absolute Gasteiger partial charge is 0.311 e. The molecule has 4 aliphatic heterocycles. The predicted octanol–water partition coefficient (Wildman–Crippen LogP) is 4.20. The Balaban J connectivity index is 1.59. The van der Waals surface area contributed by atoms with Crippen molar-refractivity contribution in [3.8, 4) is 0 Å². The number of aliphatic imine (C=N–C) groups is 1. The molecule has 19 atom stereocenters. The Morgan fingerprint density at radius 2 is 1.52 bits per heavy atom. The van der Waals surface area contributed by atoms with Gasteiger partial charge in [-0.15, -0.1) is 0 Å². The van der Waals surface area contributed by atoms with Gasteiger partial charge in [-0.05, 0) is 72.3 Å². The summed E-state index contributed by atoms with van der Waals surface area (Å²) in [7, 11) is 5.06. The number of fused-ring (bicyclic) bond motifs is 1. The molecule has 15 heteroatoms. The van der Waals surface area contributed by atoms with Crippen LogP contribution in [0.2, 0.25) is 0 Å². The molecule has 4 N–H and O–H groups in total. The second-order valence-electron chi connectivity index (χ2n) is 18.7. The Hall–Kier alpha value is -2.44. The van der Waals surface area contributed by atoms with Crippen LogP contribution in [-0.4, -0.2) is 149 Å². The third-order valence-corrected chi connectivity index (χ3v) is 14.1. The van der Waals surface area contributed by atoms with E-state index in [1.807, 2.05) is 70.0 Å². The molecule has 0 aliphatic carbocycles. The summed E-state index contributed by atoms with van der Waals surface area (Å²) in [6.45, 7) is 18.2. The van der Waals surface area contributed by atoms with Crippen LogP contribution in [0.15, 0.2) is 35.3 Å². The van der Waals surface area contributed by atoms with E-state index in [2.05, 4.69) is 0 Å². The maximum atomic E-state index is 14.4. The van der Waals surface area contributed by atoms with Gasteiger partial charge in [0.25, 0.3) is 6.02 Å². The zero-order chi connectivity index (χ0) is 44.5. The van der Waals surface area contributed by atoms with E-state index in [4.69, 9.17) is 42.9 Å². The minimum atomic E-state index is -1.91. The molecule has 60 heavy (non-hydrogen) atoms. The fraction of sp³-hybridized carbons (Fsp3) is 0.822. The maximum Gasteiger partial charge on any atom is 0.311 e. The Morgan fingerprint density at radius 3 is 2.13 bits per heavy atom. The van der Waals surface area contributed by atoms with E-state index in [9.17, 15) is 25.2 Å². The van der Waals surface area contributed by atoms with Crippen molar-refractivity contribution in [1.29, 1.82) is 0 Å². The topological polar surface area (TPSA) is 187 Å². The number of hydrogen-bond acceptors (Lipinski definition) is 14. The van der Waals surface area contributed by atoms with Gasteiger partial charge in [0.1, 0.15) is 17.8 Å². The summed E-state index contributed by atoms with van der Waals surface area (Å²) in [6.07, 6.45) is -8.62. The van der Waals surface area contributed by atoms with Crippen molar-refractivity contribution in [3.63, 3.8) is 0 Å². The molecule has 4 heterocycles. The second kappa shape index (κ2) is 19.5. The van der Waals surface area contributed by atoms with Gasteiger partial charge in [0.15, 0.2) is 18.7 Å². The van der Waals surface area contributed by atoms with E-state index in [1.165, 1.54) is 14.0 Å². The summed E-state index contributed by atoms with van der Waals surface area (Å²) < 4.78 is 51.8. The van der Waals surface area contributed by atoms with Crippen LogP contribution >= 0.6 is 0 Å². The number of likely N-dealkylation sites (N-methyl/N-ethyl adjacent to an activating group) is 1. The lowest BCUT2D eigenvalue weighted by atomic mass is 9.73. The number of carbonyl (C=O) groups excluding carboxylic acids is 1. The molecule has 0 spiro atoms. The maximum absolute atomic E-state index is 14.4. The minimum Gasteiger partial charge on any atom is -0.459 e. The minimum absolute atomic E-state index is 0.131. The van der Waals surface area contributed by atoms with Crippen molar-refractivity contribution < 1.29 is 63.1 Å². The lowest BCUT2D eigenvalue weighted by Crippen LogP contribution is -2.61. The third kappa shape index (κ3) is 10.0. The average molecular weight is 851 g/mol. The number of ether oxygens (including phenoxy) is 8. The van der Waals surface area contributed by atoms with Crippen LogP contribution in [0.3, 0.4) is 0 Å². The fourth-order valence-corrected chi connectivity index (χ4v) is 9.99. The van der Waals surface area contributed by atoms with E-state index in [1.54, 1.807) is 41.7 Å². The first kappa shape index (κ1) is 48.6. The number of benzene rings is 1. The fourth-order valence-electron chi connectivity index (χ4n) is 9.99. The van der Waals surface area contributed by atoms with Gasteiger partial charge >= 0.3 is 5.97 Å². The molecule has 0 amide bonds. The lowest BCUT2D eigenvalue weighted by Gasteiger charge is -2.49. The number of aliphatic hydroxyl groups is 4. The van der Waals surface area contributed by atoms with Crippen molar-refractivity contribution in [2.75, 3.05) is 21.3 Å². The van der Waals surface area contributed by atoms with Gasteiger partial charge in [-0.3, -0.25) is 4.79 Å². The summed E-state index contributed by atoms with van der Waals surface area (Å²) in [5.74, 6) is -3.65. The molecule has 4 aliphatic rings. The number of rotatable bonds is 9. The summed E-state index contributed by atoms with van der Waals surface area (Å²) in [5.41, 5.74) is -3.07. The molecule has 0 aromatic heterocycles. The molecule has 5 rings (SSSR count). The van der Waals surface area contributed by atoms with Crippen molar-refractivity contribution in [2.45, 2.75) is 192 Å². The van der Waals surface area contributed by atoms with Crippen LogP contribution in [0, 0.1) is 23.7 Å². The first-order valence-corrected chi connectivity index (χ1v) is 21.8. The highest BCUT2D eigenvalue weighted by Crippen LogP contribution is 2.43. The highest BCUT2D eigenvalue weighted by molar-refractivity contribution is 5.76. The van der Waals surface area contributed by atoms with Crippen LogP contribution in [0.5, 0.6) is 0 Å². The highest BCUT2D eigenvalue weighted by atomic mass is 16.7. The molecule has 1 unspecified atom stereocenters. The van der Waals surface area contributed by atoms with Gasteiger partial charge in [0, 0.05) is 39.5 Å². The molecule has 4 fully saturated rings. The molecular formula is C45H74N2O13. The summed E-state index contributed by atoms with van der Waals surface area (Å²) in [6, 6.07) is 10.3. The Labute approximate surface area is 357 Å². The zero-order valence-electron chi connectivity index (χ0n) is 38.0. The molecule has 0 radical (unpaired) electrons. The first-order chi connectivity index (χ1) is 28.1. The molecule has 0 saturated carbocycles. The molecule has 1 aromatic rings. The molecule has 1 aromatic carbocycles. The number of amidine groups is 1. The van der Waals surface area contributed by atoms with Crippen molar-refractivity contribution in [3.05, 3.63) is 35.9 Å². The van der Waals surface area contributed by atoms with E-state index in [0.29, 0.717) is 19.0 Å². The van der Waals surface area contributed by atoms with E-state index >= 15 is 0 Å². The summed E-state index contributed by atoms with van der Waals surface area (Å²) in [4.78, 5) is 21.3. The van der Waals surface area contributed by atoms with E-state index in [0.717, 1.165) is 5.56 Å². The number of hydrogen-bond donors (Lipinski definition) is 4. The van der Waals surface area contributed by atoms with Gasteiger partial charge < -0.3 is 63.2 Å². The highest BCUT2D eigenvalue weighted by Gasteiger charge is 2.56. The SMILES string of the molecule is CC[C@H]1OC(=O)[C@H](C)[C@@H](O[C@H]2C[C@@](C)(OC)[C@@H](O)[C@H](C)O2)[C@H](C)[C@@H](O[C@@H]2O[C@H](C)C[C@H]3[C@H]2OC(=NCc2ccccc2)N3C)[C@](C)(OC)C[C@@H](C)C(O)[C@H](C)[C@@H](O)[C@]1(C)O. The second-order valence-corrected chi connectivity index (χ2v) is 18.7. The normalized spacial score (nSPS) is 46.6. The van der Waals surface area contributed by atoms with Crippen LogP contribution in [0.4, 0.5) is 0 Å². The van der Waals surface area contributed by atoms with E-state index in [-0.39, 0.29) is 31.4 Å². The van der Waals surface area contributed by atoms with Gasteiger partial charge in [-0.1, -0.05) is 58.0 Å². The molecule has 0 bridgehead atoms. The Bertz CT molecular complexity index is 1580. The lowest BCUT2D eigenvalue weighted by molar-refractivity contribution is -0.315. The zero-order valence-corrected chi connectivity index (χ0v) is 38.0. The van der Waals surface area contributed by atoms with Gasteiger partial charge in [0.05, 0.1) is 66.3 Å². The number of cyclic esters (lactones) is 1. The summed E-state index contributed by atoms with van der Waals surface area (Å²) >= 11 is 0. The van der Waals surface area contributed by atoms with Gasteiger partial charge in [-0.25, -0.2) is 4.99 Å². The predicted molar refractivity (Wildman–Crippen MR) is 223 cm³/mol. The third-order valence-electron chi connectivity index (χ3n) is 14.1. The first-order valence-electron chi connectivity index (χ1n) is 21.8. The number of esters is 1. The Morgan fingerprint density at radius 1 is 0.867 bits per heavy atom. The van der Waals surface area contributed by atoms with Gasteiger partial charge in [-0.2, -0.15) is 0 Å². The quantitative estimate of drug-likeness (QED) is 0.259. The summed E-state index contributed by atoms with van der Waals surface area (Å²) in [5, 5.41) is 46.3. The number of nitrogens with zero attached hydrogens (tertiary/aromatic N) is 2. The average Bonchev–Trinajstić information content (AvgIpc) is 3.54. The van der Waals surface area contributed by atoms with Crippen molar-refractivity contribution in [2.24, 2.45) is 28.7 Å². The molecule has 4 saturated heterocycles. The molecule has 342 valence electrons. The Kier molecular flexibility index (Phi) is 15.8. The number of carbonyl (C=O) groups is 1. The van der Waals surface area contributed by atoms with Crippen LogP contribution in [-0.2, 0) is 49.2 Å². The monoisotopic (exact) mass is 851 g/mol. The van der Waals surface area contributed by atoms with Crippen molar-refractivity contribution in [1.82, 2.24) is 4.90 Å². The standard InChI is InChI=1S/C45H74N2O13/c1-14-32-45(10,52)37(49)26(4)34(48)24(2)21-44(9,54-13)39(27(5)35(28(6)40(51)57-32)58-33-22-43(8,53-12)38(50)29(7)56-33)60-41-36-31(20-25(3)55-41)47(11)42(59-36)46-23-30-18-16-15-17-19-30/h15-19,24-29,31-39,41,48-50,52H,14,20-23H2,1-13H3/t24-,25-,26+,27+,28-,29+,31+,32-,33+,34?,35+,36-,37-,38+,39-,41+,43-,44-,45-/m1/s1. The van der Waals surface area contributed by atoms with Gasteiger partial charge in [0.2, 0.25) is 0 Å². The largest absolute Gasteiger partial charge is 0.459 e. The molecule has 15 nitrogen and oxygen atoms in total. The van der Waals surface area contributed by atoms with Crippen LogP contribution in [0.1, 0.15) is 100 Å². The number of aliphatic hydroxyl groups excluding tert-OH is 3. The van der Waals surface area contributed by atoms with Crippen molar-refractivity contribution >= 4 is 12.0 Å².